The summed E-state index contributed by atoms with van der Waals surface area (Å²) >= 11 is 3.42. The van der Waals surface area contributed by atoms with Crippen LogP contribution in [0, 0.1) is 0 Å². The fourth-order valence-electron chi connectivity index (χ4n) is 1.77. The van der Waals surface area contributed by atoms with Gasteiger partial charge in [0.05, 0.1) is 18.7 Å². The van der Waals surface area contributed by atoms with E-state index in [1.54, 1.807) is 7.11 Å². The van der Waals surface area contributed by atoms with E-state index in [0.29, 0.717) is 32.2 Å². The molecule has 1 aromatic rings. The highest BCUT2D eigenvalue weighted by molar-refractivity contribution is 9.10. The molecule has 0 heterocycles. The lowest BCUT2D eigenvalue weighted by Crippen LogP contribution is -2.25. The van der Waals surface area contributed by atoms with E-state index in [-0.39, 0.29) is 11.9 Å². The number of aryl methyl sites for hydroxylation is 1. The molecule has 0 spiro atoms. The zero-order chi connectivity index (χ0) is 15.7. The average molecular weight is 358 g/mol. The quantitative estimate of drug-likeness (QED) is 0.573. The van der Waals surface area contributed by atoms with Crippen molar-refractivity contribution in [2.24, 2.45) is 0 Å². The van der Waals surface area contributed by atoms with Crippen LogP contribution >= 0.6 is 15.9 Å². The summed E-state index contributed by atoms with van der Waals surface area (Å²) in [5.41, 5.74) is 1.06. The Morgan fingerprint density at radius 3 is 2.62 bits per heavy atom. The molecule has 5 nitrogen and oxygen atoms in total. The van der Waals surface area contributed by atoms with E-state index in [4.69, 9.17) is 4.74 Å². The van der Waals surface area contributed by atoms with Gasteiger partial charge in [0, 0.05) is 19.4 Å². The number of hydrogen-bond acceptors (Lipinski definition) is 4. The third-order valence-electron chi connectivity index (χ3n) is 2.96. The van der Waals surface area contributed by atoms with E-state index in [1.807, 2.05) is 18.2 Å². The molecule has 1 rings (SSSR count). The maximum Gasteiger partial charge on any atom is 0.305 e. The molecular weight excluding hydrogens is 338 g/mol. The molecule has 0 aliphatic carbocycles. The van der Waals surface area contributed by atoms with Crippen molar-refractivity contribution in [3.63, 3.8) is 0 Å². The summed E-state index contributed by atoms with van der Waals surface area (Å²) in [7, 11) is 2.97. The second kappa shape index (κ2) is 9.39. The Morgan fingerprint density at radius 2 is 2.00 bits per heavy atom. The molecular formula is C15H20BrNO4. The van der Waals surface area contributed by atoms with E-state index in [1.165, 1.54) is 7.11 Å². The van der Waals surface area contributed by atoms with Crippen molar-refractivity contribution in [1.29, 1.82) is 0 Å². The molecule has 0 unspecified atom stereocenters. The van der Waals surface area contributed by atoms with Gasteiger partial charge < -0.3 is 14.8 Å². The van der Waals surface area contributed by atoms with Crippen molar-refractivity contribution in [3.8, 4) is 5.75 Å². The standard InChI is InChI=1S/C15H20BrNO4/c1-20-13-7-5-11(10-12(13)16)6-8-14(18)17-9-3-4-15(19)21-2/h5,7,10H,3-4,6,8-9H2,1-2H3,(H,17,18). The van der Waals surface area contributed by atoms with Gasteiger partial charge in [-0.05, 0) is 46.5 Å². The number of methoxy groups -OCH3 is 2. The van der Waals surface area contributed by atoms with Gasteiger partial charge in [0.25, 0.3) is 0 Å². The van der Waals surface area contributed by atoms with E-state index in [0.717, 1.165) is 15.8 Å². The van der Waals surface area contributed by atoms with Crippen LogP contribution in [0.2, 0.25) is 0 Å². The number of benzene rings is 1. The molecule has 116 valence electrons. The normalized spacial score (nSPS) is 10.0. The van der Waals surface area contributed by atoms with E-state index < -0.39 is 0 Å². The predicted octanol–water partition coefficient (Wildman–Crippen LogP) is 2.46. The van der Waals surface area contributed by atoms with Gasteiger partial charge in [0.1, 0.15) is 5.75 Å². The summed E-state index contributed by atoms with van der Waals surface area (Å²) in [4.78, 5) is 22.6. The molecule has 0 saturated carbocycles. The smallest absolute Gasteiger partial charge is 0.305 e. The first-order chi connectivity index (χ1) is 10.1. The molecule has 0 fully saturated rings. The van der Waals surface area contributed by atoms with Crippen LogP contribution in [0.3, 0.4) is 0 Å². The molecule has 21 heavy (non-hydrogen) atoms. The Kier molecular flexibility index (Phi) is 7.82. The summed E-state index contributed by atoms with van der Waals surface area (Å²) in [6.45, 7) is 0.486. The van der Waals surface area contributed by atoms with Crippen LogP contribution in [0.25, 0.3) is 0 Å². The number of halogens is 1. The first-order valence-electron chi connectivity index (χ1n) is 6.72. The molecule has 1 amide bonds. The third-order valence-corrected chi connectivity index (χ3v) is 3.58. The number of amides is 1. The number of nitrogens with one attached hydrogen (secondary N) is 1. The zero-order valence-corrected chi connectivity index (χ0v) is 13.9. The van der Waals surface area contributed by atoms with E-state index in [2.05, 4.69) is 26.0 Å². The molecule has 0 aromatic heterocycles. The summed E-state index contributed by atoms with van der Waals surface area (Å²) < 4.78 is 10.6. The van der Waals surface area contributed by atoms with Crippen molar-refractivity contribution in [2.75, 3.05) is 20.8 Å². The lowest BCUT2D eigenvalue weighted by molar-refractivity contribution is -0.140. The number of hydrogen-bond donors (Lipinski definition) is 1. The fraction of sp³-hybridized carbons (Fsp3) is 0.467. The van der Waals surface area contributed by atoms with Crippen molar-refractivity contribution in [2.45, 2.75) is 25.7 Å². The maximum atomic E-state index is 11.7. The lowest BCUT2D eigenvalue weighted by Gasteiger charge is -2.07. The van der Waals surface area contributed by atoms with Gasteiger partial charge in [0.2, 0.25) is 5.91 Å². The van der Waals surface area contributed by atoms with Gasteiger partial charge in [-0.15, -0.1) is 0 Å². The number of carbonyl (C=O) groups is 2. The second-order valence-electron chi connectivity index (χ2n) is 4.50. The second-order valence-corrected chi connectivity index (χ2v) is 5.35. The van der Waals surface area contributed by atoms with Crippen molar-refractivity contribution in [1.82, 2.24) is 5.32 Å². The number of ether oxygens (including phenoxy) is 2. The monoisotopic (exact) mass is 357 g/mol. The topological polar surface area (TPSA) is 64.6 Å². The Hall–Kier alpha value is -1.56. The minimum absolute atomic E-state index is 0.0215. The van der Waals surface area contributed by atoms with Crippen molar-refractivity contribution < 1.29 is 19.1 Å². The lowest BCUT2D eigenvalue weighted by atomic mass is 10.1. The van der Waals surface area contributed by atoms with E-state index in [9.17, 15) is 9.59 Å². The molecule has 1 N–H and O–H groups in total. The highest BCUT2D eigenvalue weighted by Gasteiger charge is 2.05. The Balaban J connectivity index is 2.26. The summed E-state index contributed by atoms with van der Waals surface area (Å²) in [5.74, 6) is 0.491. The zero-order valence-electron chi connectivity index (χ0n) is 12.3. The SMILES string of the molecule is COC(=O)CCCNC(=O)CCc1ccc(OC)c(Br)c1. The van der Waals surface area contributed by atoms with Gasteiger partial charge in [-0.1, -0.05) is 6.07 Å². The van der Waals surface area contributed by atoms with Crippen LogP contribution < -0.4 is 10.1 Å². The largest absolute Gasteiger partial charge is 0.496 e. The predicted molar refractivity (Wildman–Crippen MR) is 83.3 cm³/mol. The van der Waals surface area contributed by atoms with E-state index >= 15 is 0 Å². The molecule has 1 aromatic carbocycles. The van der Waals surface area contributed by atoms with Gasteiger partial charge in [0.15, 0.2) is 0 Å². The van der Waals surface area contributed by atoms with Crippen LogP contribution in [0.1, 0.15) is 24.8 Å². The number of esters is 1. The van der Waals surface area contributed by atoms with Gasteiger partial charge in [-0.3, -0.25) is 9.59 Å². The molecule has 0 atom stereocenters. The van der Waals surface area contributed by atoms with Gasteiger partial charge in [-0.2, -0.15) is 0 Å². The Morgan fingerprint density at radius 1 is 1.24 bits per heavy atom. The Bertz CT molecular complexity index is 491. The molecule has 0 aliphatic rings. The molecule has 6 heteroatoms. The molecule has 0 aliphatic heterocycles. The van der Waals surface area contributed by atoms with Gasteiger partial charge >= 0.3 is 5.97 Å². The minimum Gasteiger partial charge on any atom is -0.496 e. The highest BCUT2D eigenvalue weighted by atomic mass is 79.9. The van der Waals surface area contributed by atoms with Crippen molar-refractivity contribution >= 4 is 27.8 Å². The first-order valence-corrected chi connectivity index (χ1v) is 7.52. The Labute approximate surface area is 133 Å². The first kappa shape index (κ1) is 17.5. The summed E-state index contributed by atoms with van der Waals surface area (Å²) in [6, 6.07) is 5.76. The van der Waals surface area contributed by atoms with Crippen LogP contribution in [-0.4, -0.2) is 32.6 Å². The number of carbonyl (C=O) groups excluding carboxylic acids is 2. The molecule has 0 radical (unpaired) electrons. The summed E-state index contributed by atoms with van der Waals surface area (Å²) in [6.07, 6.45) is 1.98. The molecule has 0 saturated heterocycles. The van der Waals surface area contributed by atoms with Crippen LogP contribution in [-0.2, 0) is 20.7 Å². The summed E-state index contributed by atoms with van der Waals surface area (Å²) in [5, 5.41) is 2.79. The highest BCUT2D eigenvalue weighted by Crippen LogP contribution is 2.25. The molecule has 0 bridgehead atoms. The third kappa shape index (κ3) is 6.62. The minimum atomic E-state index is -0.257. The van der Waals surface area contributed by atoms with Crippen LogP contribution in [0.5, 0.6) is 5.75 Å². The fourth-order valence-corrected chi connectivity index (χ4v) is 2.36. The van der Waals surface area contributed by atoms with Crippen molar-refractivity contribution in [3.05, 3.63) is 28.2 Å². The number of rotatable bonds is 8. The van der Waals surface area contributed by atoms with Gasteiger partial charge in [-0.25, -0.2) is 0 Å². The average Bonchev–Trinajstić information content (AvgIpc) is 2.49. The maximum absolute atomic E-state index is 11.7. The van der Waals surface area contributed by atoms with Crippen LogP contribution in [0.15, 0.2) is 22.7 Å². The van der Waals surface area contributed by atoms with Crippen LogP contribution in [0.4, 0.5) is 0 Å².